The third kappa shape index (κ3) is 8.15. The van der Waals surface area contributed by atoms with E-state index in [0.717, 1.165) is 13.8 Å². The fourth-order valence-corrected chi connectivity index (χ4v) is 10.2. The summed E-state index contributed by atoms with van der Waals surface area (Å²) >= 11 is 0. The molecule has 2 saturated carbocycles. The van der Waals surface area contributed by atoms with E-state index in [9.17, 15) is 39.3 Å². The second-order valence-electron chi connectivity index (χ2n) is 17.4. The number of ether oxygens (including phenoxy) is 5. The van der Waals surface area contributed by atoms with Crippen LogP contribution in [0.25, 0.3) is 0 Å². The Morgan fingerprint density at radius 1 is 0.825 bits per heavy atom. The van der Waals surface area contributed by atoms with Crippen LogP contribution in [0, 0.1) is 16.7 Å². The molecule has 3 fully saturated rings. The van der Waals surface area contributed by atoms with Crippen molar-refractivity contribution >= 4 is 62.9 Å². The molecule has 334 valence electrons. The van der Waals surface area contributed by atoms with Crippen LogP contribution in [0.3, 0.4) is 0 Å². The van der Waals surface area contributed by atoms with Crippen molar-refractivity contribution in [3.05, 3.63) is 119 Å². The molecule has 1 saturated heterocycles. The van der Waals surface area contributed by atoms with E-state index in [1.165, 1.54) is 26.0 Å². The molecule has 3 aliphatic carbocycles. The number of esters is 4. The van der Waals surface area contributed by atoms with E-state index in [1.54, 1.807) is 92.7 Å². The Morgan fingerprint density at radius 3 is 1.94 bits per heavy atom. The van der Waals surface area contributed by atoms with Crippen LogP contribution in [0.1, 0.15) is 86.7 Å². The van der Waals surface area contributed by atoms with Gasteiger partial charge in [-0.25, -0.2) is 9.59 Å². The maximum atomic E-state index is 15.5. The van der Waals surface area contributed by atoms with Gasteiger partial charge in [-0.1, -0.05) is 80.6 Å². The number of hydrogen-bond acceptors (Lipinski definition) is 14. The number of benzene rings is 3. The minimum atomic E-state index is -2.39. The van der Waals surface area contributed by atoms with Crippen molar-refractivity contribution in [2.75, 3.05) is 6.61 Å². The van der Waals surface area contributed by atoms with E-state index in [4.69, 9.17) is 23.7 Å². The maximum absolute atomic E-state index is 15.5. The van der Waals surface area contributed by atoms with Gasteiger partial charge < -0.3 is 44.3 Å². The topological polar surface area (TPSA) is 221 Å². The van der Waals surface area contributed by atoms with Crippen LogP contribution in [0.2, 0.25) is 0 Å². The zero-order valence-electron chi connectivity index (χ0n) is 35.9. The molecule has 11 atom stereocenters. The van der Waals surface area contributed by atoms with E-state index < -0.39 is 113 Å². The van der Waals surface area contributed by atoms with Crippen molar-refractivity contribution < 1.29 is 67.8 Å². The van der Waals surface area contributed by atoms with Crippen LogP contribution >= 0.6 is 0 Å². The third-order valence-electron chi connectivity index (χ3n) is 13.5. The number of fused-ring (bicyclic) bond motifs is 5. The molecule has 63 heavy (non-hydrogen) atoms. The number of aliphatic hydroxyl groups excluding tert-OH is 2. The van der Waals surface area contributed by atoms with Gasteiger partial charge in [0, 0.05) is 37.7 Å². The van der Waals surface area contributed by atoms with Gasteiger partial charge in [-0.05, 0) is 54.8 Å². The molecule has 16 heteroatoms. The molecular formula is C47H53NO14Pb. The monoisotopic (exact) mass is 1060 g/mol. The number of carbonyl (C=O) groups is 6. The summed E-state index contributed by atoms with van der Waals surface area (Å²) in [6.07, 6.45) is -10.5. The predicted octanol–water partition coefficient (Wildman–Crippen LogP) is 2.82. The van der Waals surface area contributed by atoms with E-state index in [0.29, 0.717) is 5.56 Å². The number of carbonyl (C=O) groups excluding carboxylic acids is 6. The van der Waals surface area contributed by atoms with Gasteiger partial charge in [0.25, 0.3) is 5.91 Å². The molecule has 4 N–H and O–H groups in total. The summed E-state index contributed by atoms with van der Waals surface area (Å²) < 4.78 is 30.3. The summed E-state index contributed by atoms with van der Waals surface area (Å²) in [5, 5.41) is 40.2. The van der Waals surface area contributed by atoms with Crippen molar-refractivity contribution in [1.82, 2.24) is 5.32 Å². The van der Waals surface area contributed by atoms with Crippen molar-refractivity contribution in [3.8, 4) is 0 Å². The first-order valence-electron chi connectivity index (χ1n) is 20.5. The molecule has 15 nitrogen and oxygen atoms in total. The molecule has 0 aromatic heterocycles. The Hall–Kier alpha value is -4.82. The van der Waals surface area contributed by atoms with Crippen LogP contribution in [-0.2, 0) is 42.9 Å². The van der Waals surface area contributed by atoms with Crippen LogP contribution in [0.4, 0.5) is 0 Å². The Bertz CT molecular complexity index is 2290. The van der Waals surface area contributed by atoms with Gasteiger partial charge in [0.1, 0.15) is 23.9 Å². The molecule has 3 aromatic carbocycles. The van der Waals surface area contributed by atoms with Crippen LogP contribution in [0.15, 0.2) is 102 Å². The average Bonchev–Trinajstić information content (AvgIpc) is 3.24. The summed E-state index contributed by atoms with van der Waals surface area (Å²) in [4.78, 5) is 83.5. The van der Waals surface area contributed by atoms with Gasteiger partial charge in [-0.15, -0.1) is 0 Å². The van der Waals surface area contributed by atoms with Crippen molar-refractivity contribution in [2.24, 2.45) is 16.7 Å². The molecule has 2 bridgehead atoms. The minimum absolute atomic E-state index is 0. The Balaban J connectivity index is 0.00000661. The van der Waals surface area contributed by atoms with Crippen LogP contribution in [-0.4, -0.2) is 133 Å². The number of nitrogens with one attached hydrogen (secondary N) is 1. The molecule has 2 radical (unpaired) electrons. The molecule has 1 heterocycles. The fraction of sp³-hybridized carbons (Fsp3) is 0.447. The molecule has 0 unspecified atom stereocenters. The molecule has 7 rings (SSSR count). The van der Waals surface area contributed by atoms with E-state index in [-0.39, 0.29) is 62.6 Å². The Labute approximate surface area is 384 Å². The van der Waals surface area contributed by atoms with Crippen LogP contribution in [0.5, 0.6) is 0 Å². The number of ketones is 1. The number of rotatable bonds is 10. The standard InChI is InChI=1S/C47H51NO14.Pb.2H/c1-25-31(60-43(56)36(52)35(28-16-10-7-11-17-28)48-41(54)29-18-12-8-13-19-29)23-47(57)40(61-42(55)30-20-14-9-15-21-30)38-45(6,32(51)22-33-46(38,24-58-33)62-27(3)50)39(53)37(59-26(2)49)34(25)44(47,4)5;;;/h7-21,31-33,35-38,40,51-52,57H,22-24H2,1-6H3,(H,48,54);;;/t31-,32-,33+,35-,36+,37+,38-,40-,45+,46-,47+;;;/m0.../s1. The first kappa shape index (κ1) is 47.7. The first-order chi connectivity index (χ1) is 29.3. The summed E-state index contributed by atoms with van der Waals surface area (Å²) in [7, 11) is 0. The quantitative estimate of drug-likeness (QED) is 0.0994. The zero-order valence-corrected chi connectivity index (χ0v) is 41.4. The number of amides is 1. The van der Waals surface area contributed by atoms with E-state index in [2.05, 4.69) is 5.32 Å². The Morgan fingerprint density at radius 2 is 1.40 bits per heavy atom. The summed E-state index contributed by atoms with van der Waals surface area (Å²) in [5.41, 5.74) is -7.02. The number of hydrogen-bond donors (Lipinski definition) is 4. The van der Waals surface area contributed by atoms with Crippen molar-refractivity contribution in [3.63, 3.8) is 0 Å². The third-order valence-corrected chi connectivity index (χ3v) is 13.5. The molecule has 3 aromatic rings. The summed E-state index contributed by atoms with van der Waals surface area (Å²) in [6.45, 7) is 7.97. The average molecular weight is 1060 g/mol. The van der Waals surface area contributed by atoms with Gasteiger partial charge in [0.2, 0.25) is 0 Å². The normalized spacial score (nSPS) is 31.3. The van der Waals surface area contributed by atoms with Gasteiger partial charge in [0.05, 0.1) is 35.6 Å². The molecule has 1 amide bonds. The molecule has 1 aliphatic heterocycles. The van der Waals surface area contributed by atoms with Gasteiger partial charge >= 0.3 is 51.2 Å². The fourth-order valence-electron chi connectivity index (χ4n) is 10.2. The van der Waals surface area contributed by atoms with Crippen molar-refractivity contribution in [2.45, 2.75) is 108 Å². The molecule has 4 aliphatic rings. The summed E-state index contributed by atoms with van der Waals surface area (Å²) in [5.74, 6) is -6.84. The number of Topliss-reactive ketones (excluding diaryl/α,β-unsaturated/α-hetero) is 1. The predicted molar refractivity (Wildman–Crippen MR) is 226 cm³/mol. The first-order valence-corrected chi connectivity index (χ1v) is 20.5. The summed E-state index contributed by atoms with van der Waals surface area (Å²) in [6, 6.07) is 22.9. The van der Waals surface area contributed by atoms with E-state index in [1.807, 2.05) is 0 Å². The van der Waals surface area contributed by atoms with E-state index >= 15 is 4.79 Å². The van der Waals surface area contributed by atoms with Crippen LogP contribution < -0.4 is 5.32 Å². The Kier molecular flexibility index (Phi) is 13.6. The molecule has 0 spiro atoms. The second-order valence-corrected chi connectivity index (χ2v) is 17.4. The number of aliphatic hydroxyl groups is 3. The van der Waals surface area contributed by atoms with Gasteiger partial charge in [0.15, 0.2) is 23.6 Å². The van der Waals surface area contributed by atoms with Gasteiger partial charge in [-0.3, -0.25) is 19.2 Å². The zero-order chi connectivity index (χ0) is 44.9. The van der Waals surface area contributed by atoms with Crippen molar-refractivity contribution in [1.29, 1.82) is 0 Å². The van der Waals surface area contributed by atoms with Gasteiger partial charge in [-0.2, -0.15) is 0 Å². The SMILES string of the molecule is CC(=O)O[C@H]1C(=O)[C@@]2(C)[C@H]([C@H](OC(=O)c3ccccc3)[C@]3(O)C[C@H](OC(=O)[C@H](O)[C@@H](NC(=O)c4ccccc4)c4ccccc4)C(C)=C1C3(C)C)[C@]1(OC(C)=O)CO[C@@H]1C[C@@H]2O.[PbH2]. The second kappa shape index (κ2) is 18.0. The molecular weight excluding hydrogens is 1010 g/mol.